The van der Waals surface area contributed by atoms with Gasteiger partial charge in [-0.3, -0.25) is 9.52 Å². The number of halogens is 1. The fraction of sp³-hybridized carbons (Fsp3) is 0.125. The number of carbonyl (C=O) groups excluding carboxylic acids is 2. The Labute approximate surface area is 150 Å². The molecule has 9 heteroatoms. The Bertz CT molecular complexity index is 911. The van der Waals surface area contributed by atoms with Gasteiger partial charge in [-0.2, -0.15) is 0 Å². The van der Waals surface area contributed by atoms with E-state index in [1.54, 1.807) is 0 Å². The van der Waals surface area contributed by atoms with Gasteiger partial charge in [0.1, 0.15) is 0 Å². The van der Waals surface area contributed by atoms with Gasteiger partial charge in [0.2, 0.25) is 0 Å². The molecule has 0 radical (unpaired) electrons. The number of hydrogen-bond donors (Lipinski definition) is 2. The second-order valence-corrected chi connectivity index (χ2v) is 7.01. The van der Waals surface area contributed by atoms with E-state index in [-0.39, 0.29) is 27.1 Å². The Morgan fingerprint density at radius 1 is 1.08 bits per heavy atom. The number of amides is 1. The first-order valence-electron chi connectivity index (χ1n) is 7.01. The van der Waals surface area contributed by atoms with Crippen molar-refractivity contribution in [2.45, 2.75) is 4.90 Å². The molecule has 2 rings (SSSR count). The van der Waals surface area contributed by atoms with Crippen LogP contribution in [0.15, 0.2) is 47.4 Å². The van der Waals surface area contributed by atoms with E-state index >= 15 is 0 Å². The summed E-state index contributed by atoms with van der Waals surface area (Å²) in [4.78, 5) is 23.2. The van der Waals surface area contributed by atoms with Gasteiger partial charge < -0.3 is 10.1 Å². The maximum absolute atomic E-state index is 12.5. The van der Waals surface area contributed by atoms with Gasteiger partial charge in [0.05, 0.1) is 23.3 Å². The predicted octanol–water partition coefficient (Wildman–Crippen LogP) is 2.29. The number of anilines is 1. The van der Waals surface area contributed by atoms with Gasteiger partial charge in [0.15, 0.2) is 0 Å². The minimum absolute atomic E-state index is 0.00488. The molecule has 0 unspecified atom stereocenters. The summed E-state index contributed by atoms with van der Waals surface area (Å²) in [6.07, 6.45) is 0. The lowest BCUT2D eigenvalue weighted by Gasteiger charge is -2.12. The van der Waals surface area contributed by atoms with E-state index in [2.05, 4.69) is 14.8 Å². The van der Waals surface area contributed by atoms with Crippen LogP contribution in [0.1, 0.15) is 20.7 Å². The highest BCUT2D eigenvalue weighted by atomic mass is 35.5. The van der Waals surface area contributed by atoms with Gasteiger partial charge in [-0.15, -0.1) is 0 Å². The first kappa shape index (κ1) is 18.8. The first-order chi connectivity index (χ1) is 11.8. The highest BCUT2D eigenvalue weighted by molar-refractivity contribution is 7.92. The lowest BCUT2D eigenvalue weighted by molar-refractivity contribution is 0.0602. The summed E-state index contributed by atoms with van der Waals surface area (Å²) in [7, 11) is -1.33. The zero-order valence-corrected chi connectivity index (χ0v) is 14.9. The molecule has 7 nitrogen and oxygen atoms in total. The van der Waals surface area contributed by atoms with Crippen molar-refractivity contribution in [1.29, 1.82) is 0 Å². The molecule has 0 heterocycles. The minimum atomic E-state index is -3.99. The van der Waals surface area contributed by atoms with Gasteiger partial charge in [-0.25, -0.2) is 13.2 Å². The number of sulfonamides is 1. The van der Waals surface area contributed by atoms with Crippen molar-refractivity contribution in [2.75, 3.05) is 18.9 Å². The van der Waals surface area contributed by atoms with E-state index in [0.29, 0.717) is 5.56 Å². The predicted molar refractivity (Wildman–Crippen MR) is 93.4 cm³/mol. The van der Waals surface area contributed by atoms with Crippen LogP contribution in [-0.2, 0) is 14.8 Å². The van der Waals surface area contributed by atoms with Crippen molar-refractivity contribution in [3.63, 3.8) is 0 Å². The van der Waals surface area contributed by atoms with Crippen molar-refractivity contribution in [1.82, 2.24) is 5.32 Å². The molecule has 0 fully saturated rings. The van der Waals surface area contributed by atoms with Gasteiger partial charge in [0, 0.05) is 17.6 Å². The van der Waals surface area contributed by atoms with Gasteiger partial charge in [-0.05, 0) is 42.5 Å². The summed E-state index contributed by atoms with van der Waals surface area (Å²) in [6, 6.07) is 9.46. The van der Waals surface area contributed by atoms with E-state index in [1.807, 2.05) is 0 Å². The van der Waals surface area contributed by atoms with Gasteiger partial charge >= 0.3 is 5.97 Å². The Hall–Kier alpha value is -2.58. The molecule has 0 aliphatic heterocycles. The molecular weight excluding hydrogens is 368 g/mol. The second kappa shape index (κ2) is 7.54. The van der Waals surface area contributed by atoms with E-state index < -0.39 is 16.0 Å². The molecule has 0 aliphatic carbocycles. The Balaban J connectivity index is 2.37. The second-order valence-electron chi connectivity index (χ2n) is 4.89. The smallest absolute Gasteiger partial charge is 0.339 e. The van der Waals surface area contributed by atoms with Crippen LogP contribution in [0.5, 0.6) is 0 Å². The van der Waals surface area contributed by atoms with Crippen LogP contribution in [0.25, 0.3) is 0 Å². The zero-order valence-electron chi connectivity index (χ0n) is 13.4. The molecule has 0 aromatic heterocycles. The largest absolute Gasteiger partial charge is 0.465 e. The van der Waals surface area contributed by atoms with Crippen LogP contribution < -0.4 is 10.0 Å². The molecule has 0 spiro atoms. The summed E-state index contributed by atoms with van der Waals surface area (Å²) in [5.74, 6) is -1.04. The number of benzene rings is 2. The van der Waals surface area contributed by atoms with E-state index in [4.69, 9.17) is 11.6 Å². The number of hydrogen-bond acceptors (Lipinski definition) is 5. The van der Waals surface area contributed by atoms with Crippen LogP contribution in [0.4, 0.5) is 5.69 Å². The van der Waals surface area contributed by atoms with Crippen molar-refractivity contribution in [3.05, 3.63) is 58.6 Å². The van der Waals surface area contributed by atoms with Crippen molar-refractivity contribution in [3.8, 4) is 0 Å². The van der Waals surface area contributed by atoms with Crippen molar-refractivity contribution in [2.24, 2.45) is 0 Å². The molecule has 0 bridgehead atoms. The molecule has 132 valence electrons. The van der Waals surface area contributed by atoms with Crippen LogP contribution in [-0.4, -0.2) is 34.5 Å². The molecule has 0 atom stereocenters. The third kappa shape index (κ3) is 4.28. The molecular formula is C16H15ClN2O5S. The Kier molecular flexibility index (Phi) is 5.66. The monoisotopic (exact) mass is 382 g/mol. The maximum atomic E-state index is 12.5. The third-order valence-electron chi connectivity index (χ3n) is 3.29. The van der Waals surface area contributed by atoms with Crippen LogP contribution in [0, 0.1) is 0 Å². The standard InChI is InChI=1S/C16H15ClN2O5S/c1-18-15(20)10-3-6-12(7-4-10)25(22,23)19-14-9-11(17)5-8-13(14)16(21)24-2/h3-9,19H,1-2H3,(H,18,20). The molecule has 25 heavy (non-hydrogen) atoms. The number of esters is 1. The fourth-order valence-corrected chi connectivity index (χ4v) is 3.27. The van der Waals surface area contributed by atoms with Crippen LogP contribution >= 0.6 is 11.6 Å². The summed E-state index contributed by atoms with van der Waals surface area (Å²) in [5.41, 5.74) is 0.339. The van der Waals surface area contributed by atoms with Crippen molar-refractivity contribution < 1.29 is 22.7 Å². The average molecular weight is 383 g/mol. The van der Waals surface area contributed by atoms with Crippen LogP contribution in [0.2, 0.25) is 5.02 Å². The molecule has 2 aromatic rings. The molecule has 0 saturated heterocycles. The highest BCUT2D eigenvalue weighted by Crippen LogP contribution is 2.25. The van der Waals surface area contributed by atoms with Crippen LogP contribution in [0.3, 0.4) is 0 Å². The number of ether oxygens (including phenoxy) is 1. The van der Waals surface area contributed by atoms with E-state index in [1.165, 1.54) is 56.6 Å². The SMILES string of the molecule is CNC(=O)c1ccc(S(=O)(=O)Nc2cc(Cl)ccc2C(=O)OC)cc1. The Morgan fingerprint density at radius 3 is 2.28 bits per heavy atom. The highest BCUT2D eigenvalue weighted by Gasteiger charge is 2.20. The van der Waals surface area contributed by atoms with E-state index in [9.17, 15) is 18.0 Å². The van der Waals surface area contributed by atoms with Gasteiger partial charge in [-0.1, -0.05) is 11.6 Å². The fourth-order valence-electron chi connectivity index (χ4n) is 2.02. The topological polar surface area (TPSA) is 102 Å². The number of carbonyl (C=O) groups is 2. The summed E-state index contributed by atoms with van der Waals surface area (Å²) >= 11 is 5.88. The summed E-state index contributed by atoms with van der Waals surface area (Å²) in [5, 5.41) is 2.69. The quantitative estimate of drug-likeness (QED) is 0.772. The summed E-state index contributed by atoms with van der Waals surface area (Å²) < 4.78 is 32.0. The average Bonchev–Trinajstić information content (AvgIpc) is 2.60. The lowest BCUT2D eigenvalue weighted by atomic mass is 10.2. The number of methoxy groups -OCH3 is 1. The van der Waals surface area contributed by atoms with Gasteiger partial charge in [0.25, 0.3) is 15.9 Å². The third-order valence-corrected chi connectivity index (χ3v) is 4.90. The molecule has 2 N–H and O–H groups in total. The van der Waals surface area contributed by atoms with E-state index in [0.717, 1.165) is 0 Å². The maximum Gasteiger partial charge on any atom is 0.339 e. The zero-order chi connectivity index (χ0) is 18.6. The Morgan fingerprint density at radius 2 is 1.72 bits per heavy atom. The normalized spacial score (nSPS) is 10.8. The first-order valence-corrected chi connectivity index (χ1v) is 8.87. The van der Waals surface area contributed by atoms with Crippen molar-refractivity contribution >= 4 is 39.2 Å². The molecule has 2 aromatic carbocycles. The minimum Gasteiger partial charge on any atom is -0.465 e. The molecule has 0 aliphatic rings. The lowest BCUT2D eigenvalue weighted by Crippen LogP contribution is -2.19. The molecule has 1 amide bonds. The summed E-state index contributed by atoms with van der Waals surface area (Å²) in [6.45, 7) is 0. The number of rotatable bonds is 5. The number of nitrogens with one attached hydrogen (secondary N) is 2. The molecule has 0 saturated carbocycles.